The van der Waals surface area contributed by atoms with Gasteiger partial charge in [0, 0.05) is 18.2 Å². The SMILES string of the molecule is Nc1cccc[nH+]1.O=[N+]([O-])c1ccc([O-])cc1. The van der Waals surface area contributed by atoms with Crippen LogP contribution in [0.15, 0.2) is 48.7 Å². The molecule has 3 N–H and O–H groups in total. The Labute approximate surface area is 97.5 Å². The maximum absolute atomic E-state index is 10.4. The van der Waals surface area contributed by atoms with Crippen LogP contribution in [0.1, 0.15) is 0 Å². The molecule has 2 rings (SSSR count). The minimum absolute atomic E-state index is 0.0559. The number of pyridine rings is 1. The zero-order valence-electron chi connectivity index (χ0n) is 8.87. The molecule has 0 aliphatic heterocycles. The number of benzene rings is 1. The fourth-order valence-corrected chi connectivity index (χ4v) is 0.975. The third-order valence-electron chi connectivity index (χ3n) is 1.78. The molecular weight excluding hydrogens is 222 g/mol. The number of anilines is 1. The highest BCUT2D eigenvalue weighted by Gasteiger charge is 1.99. The largest absolute Gasteiger partial charge is 0.872 e. The van der Waals surface area contributed by atoms with E-state index >= 15 is 0 Å². The smallest absolute Gasteiger partial charge is 0.269 e. The summed E-state index contributed by atoms with van der Waals surface area (Å²) >= 11 is 0. The highest BCUT2D eigenvalue weighted by molar-refractivity contribution is 5.34. The number of hydrogen-bond acceptors (Lipinski definition) is 4. The average Bonchev–Trinajstić information content (AvgIpc) is 2.31. The van der Waals surface area contributed by atoms with E-state index < -0.39 is 4.92 Å². The van der Waals surface area contributed by atoms with Gasteiger partial charge in [-0.3, -0.25) is 15.8 Å². The van der Waals surface area contributed by atoms with Crippen LogP contribution in [0.3, 0.4) is 0 Å². The lowest BCUT2D eigenvalue weighted by Crippen LogP contribution is -2.06. The highest BCUT2D eigenvalue weighted by atomic mass is 16.6. The molecular formula is C11H11N3O3. The second-order valence-electron chi connectivity index (χ2n) is 3.07. The summed E-state index contributed by atoms with van der Waals surface area (Å²) in [6.45, 7) is 0. The molecule has 1 aromatic heterocycles. The molecule has 0 aliphatic rings. The van der Waals surface area contributed by atoms with E-state index in [0.29, 0.717) is 5.82 Å². The number of nitro groups is 1. The monoisotopic (exact) mass is 233 g/mol. The highest BCUT2D eigenvalue weighted by Crippen LogP contribution is 2.12. The van der Waals surface area contributed by atoms with Gasteiger partial charge in [-0.2, -0.15) is 0 Å². The number of non-ortho nitro benzene ring substituents is 1. The Balaban J connectivity index is 0.000000181. The molecule has 1 heterocycles. The molecule has 0 saturated carbocycles. The minimum Gasteiger partial charge on any atom is -0.872 e. The lowest BCUT2D eigenvalue weighted by Gasteiger charge is -2.00. The molecule has 0 fully saturated rings. The van der Waals surface area contributed by atoms with E-state index in [2.05, 4.69) is 4.98 Å². The van der Waals surface area contributed by atoms with Crippen LogP contribution >= 0.6 is 0 Å². The lowest BCUT2D eigenvalue weighted by atomic mass is 10.3. The van der Waals surface area contributed by atoms with Crippen LogP contribution in [0.2, 0.25) is 0 Å². The molecule has 0 radical (unpaired) electrons. The Morgan fingerprint density at radius 3 is 2.12 bits per heavy atom. The summed E-state index contributed by atoms with van der Waals surface area (Å²) in [5.41, 5.74) is 5.25. The van der Waals surface area contributed by atoms with Gasteiger partial charge >= 0.3 is 0 Å². The third kappa shape index (κ3) is 4.61. The summed E-state index contributed by atoms with van der Waals surface area (Å²) in [7, 11) is 0. The van der Waals surface area contributed by atoms with Gasteiger partial charge in [-0.05, 0) is 6.07 Å². The van der Waals surface area contributed by atoms with Crippen LogP contribution < -0.4 is 15.8 Å². The van der Waals surface area contributed by atoms with E-state index in [4.69, 9.17) is 5.73 Å². The first-order valence-corrected chi connectivity index (χ1v) is 4.73. The Morgan fingerprint density at radius 1 is 1.12 bits per heavy atom. The van der Waals surface area contributed by atoms with E-state index in [-0.39, 0.29) is 11.4 Å². The quantitative estimate of drug-likeness (QED) is 0.579. The van der Waals surface area contributed by atoms with Gasteiger partial charge in [0.05, 0.1) is 11.1 Å². The summed E-state index contributed by atoms with van der Waals surface area (Å²) < 4.78 is 0. The maximum Gasteiger partial charge on any atom is 0.269 e. The second-order valence-corrected chi connectivity index (χ2v) is 3.07. The zero-order chi connectivity index (χ0) is 12.7. The number of nitro benzene ring substituents is 1. The molecule has 0 amide bonds. The Hall–Kier alpha value is -2.63. The van der Waals surface area contributed by atoms with Crippen molar-refractivity contribution in [1.29, 1.82) is 0 Å². The Morgan fingerprint density at radius 2 is 1.76 bits per heavy atom. The average molecular weight is 233 g/mol. The van der Waals surface area contributed by atoms with Gasteiger partial charge in [0.2, 0.25) is 0 Å². The van der Waals surface area contributed by atoms with Crippen LogP contribution in [0.5, 0.6) is 5.75 Å². The summed E-state index contributed by atoms with van der Waals surface area (Å²) in [5.74, 6) is 0.480. The molecule has 0 aliphatic carbocycles. The molecule has 0 atom stereocenters. The van der Waals surface area contributed by atoms with Crippen molar-refractivity contribution in [2.24, 2.45) is 0 Å². The molecule has 0 spiro atoms. The van der Waals surface area contributed by atoms with E-state index in [1.807, 2.05) is 12.1 Å². The van der Waals surface area contributed by atoms with Crippen molar-refractivity contribution in [2.45, 2.75) is 0 Å². The number of nitrogens with zero attached hydrogens (tertiary/aromatic N) is 1. The molecule has 0 bridgehead atoms. The van der Waals surface area contributed by atoms with Crippen molar-refractivity contribution >= 4 is 11.5 Å². The zero-order valence-corrected chi connectivity index (χ0v) is 8.87. The van der Waals surface area contributed by atoms with Crippen molar-refractivity contribution in [3.63, 3.8) is 0 Å². The standard InChI is InChI=1S/C6H5NO3.C5H6N2/c8-6-3-1-5(2-4-6)7(9)10;6-5-3-1-2-4-7-5/h1-4,8H;1-4H,(H2,6,7). The topological polar surface area (TPSA) is 106 Å². The number of aromatic nitrogens is 1. The van der Waals surface area contributed by atoms with Crippen LogP contribution in [0, 0.1) is 10.1 Å². The summed E-state index contributed by atoms with van der Waals surface area (Å²) in [4.78, 5) is 12.3. The van der Waals surface area contributed by atoms with Gasteiger partial charge < -0.3 is 5.11 Å². The fourth-order valence-electron chi connectivity index (χ4n) is 0.975. The number of nitrogens with two attached hydrogens (primary N) is 1. The van der Waals surface area contributed by atoms with Crippen LogP contribution in [0.25, 0.3) is 0 Å². The van der Waals surface area contributed by atoms with Crippen molar-refractivity contribution in [2.75, 3.05) is 5.73 Å². The number of hydrogen-bond donors (Lipinski definition) is 1. The van der Waals surface area contributed by atoms with Gasteiger partial charge in [0.25, 0.3) is 11.5 Å². The maximum atomic E-state index is 10.4. The van der Waals surface area contributed by atoms with E-state index in [9.17, 15) is 15.2 Å². The third-order valence-corrected chi connectivity index (χ3v) is 1.78. The number of nitrogens with one attached hydrogen (secondary N) is 1. The Bertz CT molecular complexity index is 471. The first kappa shape index (κ1) is 12.4. The molecule has 0 saturated heterocycles. The van der Waals surface area contributed by atoms with Crippen molar-refractivity contribution in [1.82, 2.24) is 0 Å². The van der Waals surface area contributed by atoms with Gasteiger partial charge in [-0.25, -0.2) is 4.98 Å². The molecule has 6 nitrogen and oxygen atoms in total. The number of nitrogen functional groups attached to an aromatic ring is 1. The van der Waals surface area contributed by atoms with Crippen molar-refractivity contribution < 1.29 is 15.0 Å². The van der Waals surface area contributed by atoms with E-state index in [1.165, 1.54) is 12.1 Å². The molecule has 2 aromatic rings. The van der Waals surface area contributed by atoms with E-state index in [1.54, 1.807) is 12.3 Å². The van der Waals surface area contributed by atoms with E-state index in [0.717, 1.165) is 12.1 Å². The normalized spacial score (nSPS) is 8.94. The van der Waals surface area contributed by atoms with Crippen LogP contribution in [-0.4, -0.2) is 4.92 Å². The van der Waals surface area contributed by atoms with Crippen LogP contribution in [0.4, 0.5) is 11.5 Å². The van der Waals surface area contributed by atoms with Crippen molar-refractivity contribution in [3.8, 4) is 5.75 Å². The van der Waals surface area contributed by atoms with Crippen LogP contribution in [-0.2, 0) is 0 Å². The molecule has 0 unspecified atom stereocenters. The molecule has 88 valence electrons. The predicted molar refractivity (Wildman–Crippen MR) is 60.0 cm³/mol. The molecule has 17 heavy (non-hydrogen) atoms. The first-order valence-electron chi connectivity index (χ1n) is 4.73. The Kier molecular flexibility index (Phi) is 4.44. The van der Waals surface area contributed by atoms with Crippen molar-refractivity contribution in [3.05, 3.63) is 58.8 Å². The van der Waals surface area contributed by atoms with Gasteiger partial charge in [0.1, 0.15) is 0 Å². The number of aromatic amines is 1. The first-order chi connectivity index (χ1) is 8.09. The summed E-state index contributed by atoms with van der Waals surface area (Å²) in [5, 5.41) is 20.4. The lowest BCUT2D eigenvalue weighted by molar-refractivity contribution is -0.385. The van der Waals surface area contributed by atoms with Gasteiger partial charge in [-0.1, -0.05) is 18.2 Å². The number of H-pyrrole nitrogens is 1. The number of rotatable bonds is 1. The summed E-state index contributed by atoms with van der Waals surface area (Å²) in [6.07, 6.45) is 1.79. The fraction of sp³-hybridized carbons (Fsp3) is 0. The molecule has 1 aromatic carbocycles. The minimum atomic E-state index is -0.542. The summed E-state index contributed by atoms with van der Waals surface area (Å²) in [6, 6.07) is 10.3. The second kappa shape index (κ2) is 6.06. The predicted octanol–water partition coefficient (Wildman–Crippen LogP) is 0.751. The molecule has 6 heteroatoms. The van der Waals surface area contributed by atoms with Gasteiger partial charge in [-0.15, -0.1) is 5.75 Å². The van der Waals surface area contributed by atoms with Gasteiger partial charge in [0.15, 0.2) is 0 Å².